The van der Waals surface area contributed by atoms with Gasteiger partial charge in [0.1, 0.15) is 0 Å². The lowest BCUT2D eigenvalue weighted by Crippen LogP contribution is -2.34. The van der Waals surface area contributed by atoms with Crippen molar-refractivity contribution in [2.24, 2.45) is 11.8 Å². The number of H-pyrrole nitrogens is 1. The maximum absolute atomic E-state index is 12.3. The number of rotatable bonds is 8. The van der Waals surface area contributed by atoms with Crippen molar-refractivity contribution in [3.05, 3.63) is 47.0 Å². The average molecular weight is 398 g/mol. The summed E-state index contributed by atoms with van der Waals surface area (Å²) in [7, 11) is 4.30. The Bertz CT molecular complexity index is 758. The van der Waals surface area contributed by atoms with Crippen LogP contribution in [0.1, 0.15) is 60.8 Å². The van der Waals surface area contributed by atoms with E-state index in [2.05, 4.69) is 51.6 Å². The molecular weight excluding hydrogens is 362 g/mol. The number of aromatic amines is 1. The summed E-state index contributed by atoms with van der Waals surface area (Å²) >= 11 is 0. The summed E-state index contributed by atoms with van der Waals surface area (Å²) in [6, 6.07) is 6.56. The van der Waals surface area contributed by atoms with Crippen LogP contribution in [-0.4, -0.2) is 46.6 Å². The second-order valence-electron chi connectivity index (χ2n) is 8.66. The second kappa shape index (κ2) is 10.0. The van der Waals surface area contributed by atoms with Gasteiger partial charge in [0.2, 0.25) is 5.91 Å². The number of amides is 1. The number of aryl methyl sites for hydroxylation is 2. The fraction of sp³-hybridized carbons (Fsp3) is 0.609. The number of nitrogens with zero attached hydrogens (tertiary/aromatic N) is 3. The number of pyridine rings is 1. The summed E-state index contributed by atoms with van der Waals surface area (Å²) in [6.45, 7) is 4.80. The molecule has 1 aliphatic carbocycles. The zero-order valence-electron chi connectivity index (χ0n) is 18.2. The fourth-order valence-electron chi connectivity index (χ4n) is 4.71. The van der Waals surface area contributed by atoms with Crippen LogP contribution in [0.2, 0.25) is 0 Å². The third-order valence-electron chi connectivity index (χ3n) is 6.36. The van der Waals surface area contributed by atoms with Crippen LogP contribution in [0.4, 0.5) is 0 Å². The molecule has 0 spiro atoms. The molecule has 2 aromatic rings. The lowest BCUT2D eigenvalue weighted by atomic mass is 9.77. The maximum Gasteiger partial charge on any atom is 0.220 e. The van der Waals surface area contributed by atoms with Crippen LogP contribution in [0.15, 0.2) is 24.4 Å². The largest absolute Gasteiger partial charge is 0.356 e. The minimum Gasteiger partial charge on any atom is -0.356 e. The highest BCUT2D eigenvalue weighted by molar-refractivity contribution is 5.76. The van der Waals surface area contributed by atoms with Crippen molar-refractivity contribution in [1.82, 2.24) is 25.4 Å². The molecule has 0 bridgehead atoms. The Morgan fingerprint density at radius 3 is 2.59 bits per heavy atom. The highest BCUT2D eigenvalue weighted by Gasteiger charge is 2.30. The summed E-state index contributed by atoms with van der Waals surface area (Å²) in [4.78, 5) is 19.2. The van der Waals surface area contributed by atoms with Gasteiger partial charge in [0.05, 0.1) is 17.4 Å². The predicted molar refractivity (Wildman–Crippen MR) is 116 cm³/mol. The van der Waals surface area contributed by atoms with Crippen LogP contribution in [0.3, 0.4) is 0 Å². The Morgan fingerprint density at radius 2 is 2.00 bits per heavy atom. The van der Waals surface area contributed by atoms with Gasteiger partial charge in [-0.05, 0) is 89.6 Å². The molecule has 6 nitrogen and oxygen atoms in total. The van der Waals surface area contributed by atoms with E-state index in [0.717, 1.165) is 24.4 Å². The van der Waals surface area contributed by atoms with E-state index < -0.39 is 0 Å². The van der Waals surface area contributed by atoms with Crippen LogP contribution in [0.5, 0.6) is 0 Å². The molecule has 0 unspecified atom stereocenters. The highest BCUT2D eigenvalue weighted by Crippen LogP contribution is 2.38. The standard InChI is InChI=1S/C23H35N5O/c1-16-20(17(2)27-26-16)12-13-22(29)25-15-18-8-10-19(11-9-18)23(28(3)4)21-7-5-6-14-24-21/h5-7,14,18-19,23H,8-13,15H2,1-4H3,(H,25,29)(H,26,27)/t18?,19?,23-/m1/s1. The first-order valence-electron chi connectivity index (χ1n) is 10.8. The fourth-order valence-corrected chi connectivity index (χ4v) is 4.71. The van der Waals surface area contributed by atoms with Crippen LogP contribution in [0.25, 0.3) is 0 Å². The van der Waals surface area contributed by atoms with E-state index in [0.29, 0.717) is 24.3 Å². The number of hydrogen-bond acceptors (Lipinski definition) is 4. The van der Waals surface area contributed by atoms with Crippen molar-refractivity contribution >= 4 is 5.91 Å². The van der Waals surface area contributed by atoms with Crippen molar-refractivity contribution in [3.8, 4) is 0 Å². The van der Waals surface area contributed by atoms with Crippen LogP contribution < -0.4 is 5.32 Å². The molecule has 2 aromatic heterocycles. The van der Waals surface area contributed by atoms with Crippen molar-refractivity contribution in [3.63, 3.8) is 0 Å². The van der Waals surface area contributed by atoms with Crippen molar-refractivity contribution in [1.29, 1.82) is 0 Å². The van der Waals surface area contributed by atoms with E-state index in [9.17, 15) is 4.79 Å². The molecule has 0 saturated heterocycles. The minimum atomic E-state index is 0.145. The Hall–Kier alpha value is -2.21. The molecule has 6 heteroatoms. The molecule has 1 atom stereocenters. The molecule has 1 saturated carbocycles. The monoisotopic (exact) mass is 397 g/mol. The van der Waals surface area contributed by atoms with E-state index in [1.807, 2.05) is 26.1 Å². The molecule has 0 aromatic carbocycles. The highest BCUT2D eigenvalue weighted by atomic mass is 16.1. The Balaban J connectivity index is 1.43. The zero-order chi connectivity index (χ0) is 20.8. The van der Waals surface area contributed by atoms with E-state index >= 15 is 0 Å². The number of hydrogen-bond donors (Lipinski definition) is 2. The van der Waals surface area contributed by atoms with Crippen LogP contribution in [0, 0.1) is 25.7 Å². The zero-order valence-corrected chi connectivity index (χ0v) is 18.2. The molecule has 2 N–H and O–H groups in total. The molecule has 1 aliphatic rings. The summed E-state index contributed by atoms with van der Waals surface area (Å²) in [6.07, 6.45) is 7.88. The van der Waals surface area contributed by atoms with Gasteiger partial charge < -0.3 is 10.2 Å². The van der Waals surface area contributed by atoms with Crippen molar-refractivity contribution < 1.29 is 4.79 Å². The topological polar surface area (TPSA) is 73.9 Å². The van der Waals surface area contributed by atoms with E-state index in [1.165, 1.54) is 36.9 Å². The minimum absolute atomic E-state index is 0.145. The molecular formula is C23H35N5O. The maximum atomic E-state index is 12.3. The van der Waals surface area contributed by atoms with Gasteiger partial charge in [0, 0.05) is 24.9 Å². The van der Waals surface area contributed by atoms with Crippen LogP contribution in [-0.2, 0) is 11.2 Å². The molecule has 158 valence electrons. The second-order valence-corrected chi connectivity index (χ2v) is 8.66. The first-order chi connectivity index (χ1) is 14.0. The normalized spacial score (nSPS) is 20.6. The SMILES string of the molecule is Cc1n[nH]c(C)c1CCC(=O)NCC1CCC([C@H](c2ccccn2)N(C)C)CC1. The summed E-state index contributed by atoms with van der Waals surface area (Å²) < 4.78 is 0. The summed E-state index contributed by atoms with van der Waals surface area (Å²) in [5.74, 6) is 1.35. The molecule has 1 fully saturated rings. The first-order valence-corrected chi connectivity index (χ1v) is 10.8. The first kappa shape index (κ1) is 21.5. The Labute approximate surface area is 174 Å². The van der Waals surface area contributed by atoms with Crippen molar-refractivity contribution in [2.45, 2.75) is 58.4 Å². The molecule has 29 heavy (non-hydrogen) atoms. The number of nitrogens with one attached hydrogen (secondary N) is 2. The van der Waals surface area contributed by atoms with E-state index in [-0.39, 0.29) is 5.91 Å². The molecule has 1 amide bonds. The smallest absolute Gasteiger partial charge is 0.220 e. The van der Waals surface area contributed by atoms with Crippen molar-refractivity contribution in [2.75, 3.05) is 20.6 Å². The third-order valence-corrected chi connectivity index (χ3v) is 6.36. The van der Waals surface area contributed by atoms with Crippen LogP contribution >= 0.6 is 0 Å². The van der Waals surface area contributed by atoms with Gasteiger partial charge in [0.25, 0.3) is 0 Å². The Morgan fingerprint density at radius 1 is 1.24 bits per heavy atom. The third kappa shape index (κ3) is 5.66. The summed E-state index contributed by atoms with van der Waals surface area (Å²) in [5, 5.41) is 10.4. The number of carbonyl (C=O) groups excluding carboxylic acids is 1. The van der Waals surface area contributed by atoms with Gasteiger partial charge in [-0.15, -0.1) is 0 Å². The summed E-state index contributed by atoms with van der Waals surface area (Å²) in [5.41, 5.74) is 4.40. The Kier molecular flexibility index (Phi) is 7.42. The van der Waals surface area contributed by atoms with Gasteiger partial charge in [-0.2, -0.15) is 5.10 Å². The molecule has 0 aliphatic heterocycles. The molecule has 3 rings (SSSR count). The quantitative estimate of drug-likeness (QED) is 0.714. The van der Waals surface area contributed by atoms with Gasteiger partial charge in [0.15, 0.2) is 0 Å². The van der Waals surface area contributed by atoms with Gasteiger partial charge >= 0.3 is 0 Å². The van der Waals surface area contributed by atoms with E-state index in [4.69, 9.17) is 0 Å². The predicted octanol–water partition coefficient (Wildman–Crippen LogP) is 3.58. The van der Waals surface area contributed by atoms with Gasteiger partial charge in [-0.25, -0.2) is 0 Å². The average Bonchev–Trinajstić information content (AvgIpc) is 3.04. The molecule has 2 heterocycles. The van der Waals surface area contributed by atoms with Gasteiger partial charge in [-0.1, -0.05) is 6.07 Å². The number of carbonyl (C=O) groups is 1. The van der Waals surface area contributed by atoms with Gasteiger partial charge in [-0.3, -0.25) is 14.9 Å². The lowest BCUT2D eigenvalue weighted by Gasteiger charge is -2.37. The molecule has 0 radical (unpaired) electrons. The lowest BCUT2D eigenvalue weighted by molar-refractivity contribution is -0.121. The van der Waals surface area contributed by atoms with E-state index in [1.54, 1.807) is 0 Å². The number of aromatic nitrogens is 3.